The molecule has 3 rings (SSSR count). The van der Waals surface area contributed by atoms with E-state index in [1.54, 1.807) is 45.0 Å². The van der Waals surface area contributed by atoms with Crippen LogP contribution in [0.15, 0.2) is 60.4 Å². The Labute approximate surface area is 163 Å². The van der Waals surface area contributed by atoms with Crippen molar-refractivity contribution in [2.24, 2.45) is 0 Å². The molecule has 0 atom stereocenters. The summed E-state index contributed by atoms with van der Waals surface area (Å²) in [6, 6.07) is 16.2. The summed E-state index contributed by atoms with van der Waals surface area (Å²) in [4.78, 5) is 27.5. The smallest absolute Gasteiger partial charge is 0.261 e. The van der Waals surface area contributed by atoms with Gasteiger partial charge in [0.1, 0.15) is 11.3 Å². The molecule has 0 unspecified atom stereocenters. The monoisotopic (exact) mass is 384 g/mol. The molecule has 0 bridgehead atoms. The minimum atomic E-state index is -1.12. The standard InChI is InChI=1S/C21H21ClN2O3/c1-14-18(15-8-5-4-6-9-15)19(25)24(13-27-14)21(2,3)20(26)23-17-11-7-10-16(22)12-17/h4-12H,13H2,1-3H3,(H,23,26). The number of carbonyl (C=O) groups excluding carboxylic acids is 2. The molecule has 0 spiro atoms. The molecule has 2 aromatic rings. The number of carbonyl (C=O) groups is 2. The van der Waals surface area contributed by atoms with Crippen LogP contribution < -0.4 is 5.32 Å². The number of amides is 2. The summed E-state index contributed by atoms with van der Waals surface area (Å²) in [5, 5.41) is 3.34. The first kappa shape index (κ1) is 19.0. The van der Waals surface area contributed by atoms with Gasteiger partial charge in [-0.25, -0.2) is 0 Å². The Morgan fingerprint density at radius 3 is 2.52 bits per heavy atom. The van der Waals surface area contributed by atoms with E-state index in [0.717, 1.165) is 5.56 Å². The first-order valence-electron chi connectivity index (χ1n) is 8.59. The van der Waals surface area contributed by atoms with Crippen molar-refractivity contribution in [1.29, 1.82) is 0 Å². The van der Waals surface area contributed by atoms with Gasteiger partial charge < -0.3 is 10.1 Å². The molecule has 0 fully saturated rings. The van der Waals surface area contributed by atoms with Crippen LogP contribution in [0.4, 0.5) is 5.69 Å². The Balaban J connectivity index is 1.86. The molecule has 1 aliphatic heterocycles. The normalized spacial score (nSPS) is 14.8. The van der Waals surface area contributed by atoms with Gasteiger partial charge in [-0.3, -0.25) is 14.5 Å². The molecule has 140 valence electrons. The van der Waals surface area contributed by atoms with Crippen LogP contribution in [0.25, 0.3) is 5.57 Å². The lowest BCUT2D eigenvalue weighted by molar-refractivity contribution is -0.147. The molecule has 2 aromatic carbocycles. The summed E-state index contributed by atoms with van der Waals surface area (Å²) in [7, 11) is 0. The van der Waals surface area contributed by atoms with Crippen LogP contribution >= 0.6 is 11.6 Å². The maximum absolute atomic E-state index is 13.2. The number of benzene rings is 2. The van der Waals surface area contributed by atoms with Crippen molar-refractivity contribution in [2.75, 3.05) is 12.0 Å². The summed E-state index contributed by atoms with van der Waals surface area (Å²) in [5.41, 5.74) is 0.669. The summed E-state index contributed by atoms with van der Waals surface area (Å²) in [6.45, 7) is 5.16. The molecule has 27 heavy (non-hydrogen) atoms. The third kappa shape index (κ3) is 3.83. The van der Waals surface area contributed by atoms with E-state index in [1.165, 1.54) is 4.90 Å². The number of rotatable bonds is 4. The fourth-order valence-electron chi connectivity index (χ4n) is 2.90. The highest BCUT2D eigenvalue weighted by Crippen LogP contribution is 2.31. The van der Waals surface area contributed by atoms with Crippen LogP contribution in [-0.2, 0) is 14.3 Å². The van der Waals surface area contributed by atoms with Crippen molar-refractivity contribution in [3.05, 3.63) is 70.9 Å². The van der Waals surface area contributed by atoms with E-state index in [4.69, 9.17) is 16.3 Å². The van der Waals surface area contributed by atoms with Gasteiger partial charge in [0.2, 0.25) is 5.91 Å². The number of hydrogen-bond donors (Lipinski definition) is 1. The summed E-state index contributed by atoms with van der Waals surface area (Å²) < 4.78 is 5.72. The van der Waals surface area contributed by atoms with Crippen molar-refractivity contribution in [3.8, 4) is 0 Å². The molecule has 0 saturated heterocycles. The van der Waals surface area contributed by atoms with Crippen molar-refractivity contribution < 1.29 is 14.3 Å². The Morgan fingerprint density at radius 2 is 1.85 bits per heavy atom. The van der Waals surface area contributed by atoms with E-state index in [0.29, 0.717) is 22.0 Å². The second-order valence-electron chi connectivity index (χ2n) is 6.83. The molecule has 0 aliphatic carbocycles. The van der Waals surface area contributed by atoms with Crippen LogP contribution in [0.5, 0.6) is 0 Å². The van der Waals surface area contributed by atoms with Crippen LogP contribution in [0.1, 0.15) is 26.3 Å². The van der Waals surface area contributed by atoms with Gasteiger partial charge in [-0.1, -0.05) is 48.0 Å². The highest BCUT2D eigenvalue weighted by Gasteiger charge is 2.42. The minimum absolute atomic E-state index is 0.0109. The SMILES string of the molecule is CC1=C(c2ccccc2)C(=O)N(C(C)(C)C(=O)Nc2cccc(Cl)c2)CO1. The average molecular weight is 385 g/mol. The van der Waals surface area contributed by atoms with Crippen LogP contribution in [0, 0.1) is 0 Å². The van der Waals surface area contributed by atoms with E-state index in [1.807, 2.05) is 30.3 Å². The van der Waals surface area contributed by atoms with Crippen LogP contribution in [-0.4, -0.2) is 29.0 Å². The Hall–Kier alpha value is -2.79. The van der Waals surface area contributed by atoms with Gasteiger partial charge in [0.25, 0.3) is 5.91 Å². The largest absolute Gasteiger partial charge is 0.477 e. The van der Waals surface area contributed by atoms with Crippen molar-refractivity contribution in [1.82, 2.24) is 4.90 Å². The molecule has 0 radical (unpaired) electrons. The number of nitrogens with one attached hydrogen (secondary N) is 1. The second kappa shape index (κ2) is 7.45. The lowest BCUT2D eigenvalue weighted by Crippen LogP contribution is -2.57. The minimum Gasteiger partial charge on any atom is -0.477 e. The molecule has 1 aliphatic rings. The Kier molecular flexibility index (Phi) is 5.24. The molecule has 0 aromatic heterocycles. The molecular formula is C21H21ClN2O3. The van der Waals surface area contributed by atoms with Crippen molar-refractivity contribution >= 4 is 34.7 Å². The third-order valence-electron chi connectivity index (χ3n) is 4.60. The molecule has 1 heterocycles. The number of hydrogen-bond acceptors (Lipinski definition) is 3. The maximum atomic E-state index is 13.2. The molecular weight excluding hydrogens is 364 g/mol. The number of anilines is 1. The zero-order chi connectivity index (χ0) is 19.6. The zero-order valence-corrected chi connectivity index (χ0v) is 16.2. The lowest BCUT2D eigenvalue weighted by Gasteiger charge is -2.40. The number of allylic oxidation sites excluding steroid dienone is 1. The van der Waals surface area contributed by atoms with Gasteiger partial charge in [-0.2, -0.15) is 0 Å². The first-order chi connectivity index (χ1) is 12.8. The van der Waals surface area contributed by atoms with Crippen LogP contribution in [0.3, 0.4) is 0 Å². The van der Waals surface area contributed by atoms with Gasteiger partial charge in [-0.15, -0.1) is 0 Å². The van der Waals surface area contributed by atoms with Crippen molar-refractivity contribution in [3.63, 3.8) is 0 Å². The molecule has 5 nitrogen and oxygen atoms in total. The Bertz CT molecular complexity index is 907. The Morgan fingerprint density at radius 1 is 1.15 bits per heavy atom. The third-order valence-corrected chi connectivity index (χ3v) is 4.83. The van der Waals surface area contributed by atoms with Gasteiger partial charge in [0, 0.05) is 10.7 Å². The topological polar surface area (TPSA) is 58.6 Å². The molecule has 6 heteroatoms. The van der Waals surface area contributed by atoms with E-state index in [2.05, 4.69) is 5.32 Å². The van der Waals surface area contributed by atoms with E-state index in [9.17, 15) is 9.59 Å². The van der Waals surface area contributed by atoms with Gasteiger partial charge in [0.05, 0.1) is 5.57 Å². The highest BCUT2D eigenvalue weighted by molar-refractivity contribution is 6.31. The maximum Gasteiger partial charge on any atom is 0.261 e. The predicted octanol–water partition coefficient (Wildman–Crippen LogP) is 4.30. The fourth-order valence-corrected chi connectivity index (χ4v) is 3.09. The summed E-state index contributed by atoms with van der Waals surface area (Å²) in [6.07, 6.45) is 0. The number of nitrogens with zero attached hydrogens (tertiary/aromatic N) is 1. The highest BCUT2D eigenvalue weighted by atomic mass is 35.5. The average Bonchev–Trinajstić information content (AvgIpc) is 2.62. The quantitative estimate of drug-likeness (QED) is 0.854. The molecule has 1 N–H and O–H groups in total. The number of ether oxygens (including phenoxy) is 1. The molecule has 2 amide bonds. The van der Waals surface area contributed by atoms with E-state index < -0.39 is 5.54 Å². The molecule has 0 saturated carbocycles. The van der Waals surface area contributed by atoms with Crippen molar-refractivity contribution in [2.45, 2.75) is 26.3 Å². The summed E-state index contributed by atoms with van der Waals surface area (Å²) in [5.74, 6) is -0.0154. The van der Waals surface area contributed by atoms with Gasteiger partial charge in [-0.05, 0) is 44.5 Å². The van der Waals surface area contributed by atoms with Crippen LogP contribution in [0.2, 0.25) is 5.02 Å². The van der Waals surface area contributed by atoms with E-state index >= 15 is 0 Å². The van der Waals surface area contributed by atoms with Gasteiger partial charge >= 0.3 is 0 Å². The van der Waals surface area contributed by atoms with Gasteiger partial charge in [0.15, 0.2) is 6.73 Å². The number of halogens is 1. The lowest BCUT2D eigenvalue weighted by atomic mass is 9.96. The summed E-state index contributed by atoms with van der Waals surface area (Å²) >= 11 is 5.98. The van der Waals surface area contributed by atoms with E-state index in [-0.39, 0.29) is 18.5 Å². The zero-order valence-electron chi connectivity index (χ0n) is 15.5. The fraction of sp³-hybridized carbons (Fsp3) is 0.238. The predicted molar refractivity (Wildman–Crippen MR) is 106 cm³/mol. The second-order valence-corrected chi connectivity index (χ2v) is 7.26. The first-order valence-corrected chi connectivity index (χ1v) is 8.96.